The molecule has 0 atom stereocenters. The van der Waals surface area contributed by atoms with E-state index in [0.717, 1.165) is 5.69 Å². The molecule has 2 rings (SSSR count). The van der Waals surface area contributed by atoms with Crippen molar-refractivity contribution in [1.82, 2.24) is 4.98 Å². The molecule has 0 spiro atoms. The average molecular weight is 259 g/mol. The third-order valence-electron chi connectivity index (χ3n) is 2.51. The third kappa shape index (κ3) is 3.22. The van der Waals surface area contributed by atoms with Gasteiger partial charge in [0.2, 0.25) is 0 Å². The lowest BCUT2D eigenvalue weighted by Gasteiger charge is -2.10. The molecule has 0 aliphatic heterocycles. The van der Waals surface area contributed by atoms with Crippen molar-refractivity contribution in [2.45, 2.75) is 6.61 Å². The Labute approximate surface area is 110 Å². The molecular formula is C14H13NO4. The van der Waals surface area contributed by atoms with Crippen molar-refractivity contribution in [3.63, 3.8) is 0 Å². The first kappa shape index (κ1) is 12.9. The molecule has 5 nitrogen and oxygen atoms in total. The van der Waals surface area contributed by atoms with Crippen molar-refractivity contribution in [3.8, 4) is 11.5 Å². The van der Waals surface area contributed by atoms with Crippen LogP contribution < -0.4 is 9.47 Å². The number of aromatic nitrogens is 1. The van der Waals surface area contributed by atoms with Crippen LogP contribution in [0, 0.1) is 0 Å². The molecule has 0 aliphatic carbocycles. The first-order valence-electron chi connectivity index (χ1n) is 5.64. The van der Waals surface area contributed by atoms with E-state index in [4.69, 9.17) is 14.6 Å². The molecule has 0 amide bonds. The molecule has 98 valence electrons. The summed E-state index contributed by atoms with van der Waals surface area (Å²) in [6.45, 7) is 0.295. The lowest BCUT2D eigenvalue weighted by molar-refractivity contribution is 0.0696. The zero-order chi connectivity index (χ0) is 13.7. The van der Waals surface area contributed by atoms with Crippen LogP contribution >= 0.6 is 0 Å². The van der Waals surface area contributed by atoms with E-state index in [1.165, 1.54) is 19.2 Å². The molecule has 1 aromatic carbocycles. The Morgan fingerprint density at radius 2 is 2.11 bits per heavy atom. The maximum Gasteiger partial charge on any atom is 0.335 e. The molecule has 1 N–H and O–H groups in total. The van der Waals surface area contributed by atoms with Crippen molar-refractivity contribution < 1.29 is 19.4 Å². The van der Waals surface area contributed by atoms with Gasteiger partial charge in [-0.1, -0.05) is 6.07 Å². The van der Waals surface area contributed by atoms with Crippen molar-refractivity contribution in [2.24, 2.45) is 0 Å². The van der Waals surface area contributed by atoms with Crippen molar-refractivity contribution in [1.29, 1.82) is 0 Å². The van der Waals surface area contributed by atoms with Crippen molar-refractivity contribution >= 4 is 5.97 Å². The lowest BCUT2D eigenvalue weighted by atomic mass is 10.2. The number of hydrogen-bond acceptors (Lipinski definition) is 4. The normalized spacial score (nSPS) is 9.95. The van der Waals surface area contributed by atoms with Crippen LogP contribution in [0.1, 0.15) is 16.1 Å². The fourth-order valence-corrected chi connectivity index (χ4v) is 1.56. The first-order chi connectivity index (χ1) is 9.20. The van der Waals surface area contributed by atoms with Gasteiger partial charge in [-0.05, 0) is 30.3 Å². The van der Waals surface area contributed by atoms with Gasteiger partial charge >= 0.3 is 5.97 Å². The van der Waals surface area contributed by atoms with Crippen LogP contribution in [-0.2, 0) is 6.61 Å². The number of hydrogen-bond donors (Lipinski definition) is 1. The van der Waals surface area contributed by atoms with Crippen LogP contribution in [0.25, 0.3) is 0 Å². The predicted octanol–water partition coefficient (Wildman–Crippen LogP) is 2.37. The Kier molecular flexibility index (Phi) is 3.97. The maximum absolute atomic E-state index is 10.9. The fraction of sp³-hybridized carbons (Fsp3) is 0.143. The number of methoxy groups -OCH3 is 1. The molecule has 1 aromatic heterocycles. The van der Waals surface area contributed by atoms with Gasteiger partial charge in [0.25, 0.3) is 0 Å². The topological polar surface area (TPSA) is 68.7 Å². The lowest BCUT2D eigenvalue weighted by Crippen LogP contribution is -2.01. The SMILES string of the molecule is COc1cc(C(=O)O)ccc1OCc1ccccn1. The Hall–Kier alpha value is -2.56. The number of ether oxygens (including phenoxy) is 2. The maximum atomic E-state index is 10.9. The average Bonchev–Trinajstić information content (AvgIpc) is 2.45. The molecule has 0 saturated carbocycles. The minimum Gasteiger partial charge on any atom is -0.493 e. The van der Waals surface area contributed by atoms with Crippen LogP contribution in [0.5, 0.6) is 11.5 Å². The summed E-state index contributed by atoms with van der Waals surface area (Å²) in [7, 11) is 1.47. The molecule has 2 aromatic rings. The summed E-state index contributed by atoms with van der Waals surface area (Å²) in [6, 6.07) is 10.0. The van der Waals surface area contributed by atoms with Crippen molar-refractivity contribution in [2.75, 3.05) is 7.11 Å². The summed E-state index contributed by atoms with van der Waals surface area (Å²) in [5.41, 5.74) is 0.939. The van der Waals surface area contributed by atoms with E-state index >= 15 is 0 Å². The highest BCUT2D eigenvalue weighted by molar-refractivity contribution is 5.88. The number of pyridine rings is 1. The van der Waals surface area contributed by atoms with E-state index in [-0.39, 0.29) is 5.56 Å². The van der Waals surface area contributed by atoms with E-state index < -0.39 is 5.97 Å². The Morgan fingerprint density at radius 3 is 2.74 bits per heavy atom. The Bertz CT molecular complexity index is 569. The van der Waals surface area contributed by atoms with Gasteiger partial charge in [-0.25, -0.2) is 4.79 Å². The number of carboxylic acids is 1. The summed E-state index contributed by atoms with van der Waals surface area (Å²) in [6.07, 6.45) is 1.68. The zero-order valence-corrected chi connectivity index (χ0v) is 10.4. The highest BCUT2D eigenvalue weighted by atomic mass is 16.5. The highest BCUT2D eigenvalue weighted by Gasteiger charge is 2.10. The van der Waals surface area contributed by atoms with E-state index in [2.05, 4.69) is 4.98 Å². The number of aromatic carboxylic acids is 1. The quantitative estimate of drug-likeness (QED) is 0.892. The molecule has 19 heavy (non-hydrogen) atoms. The van der Waals surface area contributed by atoms with Crippen LogP contribution in [0.3, 0.4) is 0 Å². The number of nitrogens with zero attached hydrogens (tertiary/aromatic N) is 1. The highest BCUT2D eigenvalue weighted by Crippen LogP contribution is 2.28. The molecule has 0 bridgehead atoms. The second-order valence-corrected chi connectivity index (χ2v) is 3.78. The molecule has 1 heterocycles. The van der Waals surface area contributed by atoms with Crippen LogP contribution in [0.15, 0.2) is 42.6 Å². The molecular weight excluding hydrogens is 246 g/mol. The van der Waals surface area contributed by atoms with Crippen LogP contribution in [0.2, 0.25) is 0 Å². The monoisotopic (exact) mass is 259 g/mol. The van der Waals surface area contributed by atoms with Crippen LogP contribution in [-0.4, -0.2) is 23.2 Å². The van der Waals surface area contributed by atoms with Gasteiger partial charge in [-0.3, -0.25) is 4.98 Å². The Balaban J connectivity index is 2.14. The van der Waals surface area contributed by atoms with E-state index in [1.807, 2.05) is 18.2 Å². The molecule has 0 fully saturated rings. The second-order valence-electron chi connectivity index (χ2n) is 3.78. The fourth-order valence-electron chi connectivity index (χ4n) is 1.56. The van der Waals surface area contributed by atoms with E-state index in [1.54, 1.807) is 12.3 Å². The van der Waals surface area contributed by atoms with E-state index in [9.17, 15) is 4.79 Å². The van der Waals surface area contributed by atoms with Crippen molar-refractivity contribution in [3.05, 3.63) is 53.9 Å². The van der Waals surface area contributed by atoms with Gasteiger partial charge in [-0.2, -0.15) is 0 Å². The summed E-state index contributed by atoms with van der Waals surface area (Å²) in [4.78, 5) is 15.0. The summed E-state index contributed by atoms with van der Waals surface area (Å²) < 4.78 is 10.7. The molecule has 0 unspecified atom stereocenters. The smallest absolute Gasteiger partial charge is 0.335 e. The zero-order valence-electron chi connectivity index (χ0n) is 10.4. The summed E-state index contributed by atoms with van der Waals surface area (Å²) in [5.74, 6) is -0.136. The first-order valence-corrected chi connectivity index (χ1v) is 5.64. The number of benzene rings is 1. The molecule has 0 radical (unpaired) electrons. The number of carboxylic acid groups (broad SMARTS) is 1. The standard InChI is InChI=1S/C14H13NO4/c1-18-13-8-10(14(16)17)5-6-12(13)19-9-11-4-2-3-7-15-11/h2-8H,9H2,1H3,(H,16,17). The van der Waals surface area contributed by atoms with Gasteiger partial charge < -0.3 is 14.6 Å². The third-order valence-corrected chi connectivity index (χ3v) is 2.51. The van der Waals surface area contributed by atoms with Gasteiger partial charge in [0.1, 0.15) is 6.61 Å². The van der Waals surface area contributed by atoms with Gasteiger partial charge in [-0.15, -0.1) is 0 Å². The predicted molar refractivity (Wildman–Crippen MR) is 68.5 cm³/mol. The van der Waals surface area contributed by atoms with Crippen LogP contribution in [0.4, 0.5) is 0 Å². The molecule has 0 aliphatic rings. The second kappa shape index (κ2) is 5.86. The minimum absolute atomic E-state index is 0.155. The van der Waals surface area contributed by atoms with E-state index in [0.29, 0.717) is 18.1 Å². The largest absolute Gasteiger partial charge is 0.493 e. The van der Waals surface area contributed by atoms with Gasteiger partial charge in [0, 0.05) is 6.20 Å². The summed E-state index contributed by atoms with van der Waals surface area (Å²) in [5, 5.41) is 8.90. The van der Waals surface area contributed by atoms with Gasteiger partial charge in [0.05, 0.1) is 18.4 Å². The Morgan fingerprint density at radius 1 is 1.26 bits per heavy atom. The number of rotatable bonds is 5. The summed E-state index contributed by atoms with van der Waals surface area (Å²) >= 11 is 0. The van der Waals surface area contributed by atoms with Gasteiger partial charge in [0.15, 0.2) is 11.5 Å². The molecule has 0 saturated heterocycles. The minimum atomic E-state index is -1.01. The number of carbonyl (C=O) groups is 1. The molecule has 5 heteroatoms.